The van der Waals surface area contributed by atoms with Gasteiger partial charge in [-0.3, -0.25) is 0 Å². The Morgan fingerprint density at radius 1 is 0.248 bits per heavy atom. The first-order valence-corrected chi connectivity index (χ1v) is 57.0. The summed E-state index contributed by atoms with van der Waals surface area (Å²) in [5.41, 5.74) is 5.95. The SMILES string of the molecule is CCCCCCCCCCC(CCCCCCCC)Cc1csc(-c2c(F)c(F)c(-c3cc(CC(CCCCCCCC)CCCCCCCCCC)c(-c4cc(F)c(-c5sc(-c6sc(-c7c(F)c(F)c(-c8cc(CC(C)CCCCCCCC)cs8)c8nsnc78)cc6CC(CCCCCCCC)CCCCCCCCCC)cc5F)s4)s3)c3nsnc23)c1. The highest BCUT2D eigenvalue weighted by Gasteiger charge is 2.33. The van der Waals surface area contributed by atoms with Crippen LogP contribution in [-0.4, -0.2) is 17.5 Å². The van der Waals surface area contributed by atoms with E-state index in [1.807, 2.05) is 18.2 Å². The molecule has 692 valence electrons. The molecule has 0 aliphatic carbocycles. The van der Waals surface area contributed by atoms with Gasteiger partial charge in [-0.2, -0.15) is 17.5 Å². The lowest BCUT2D eigenvalue weighted by Crippen LogP contribution is -2.05. The average molecular weight is 1870 g/mol. The second kappa shape index (κ2) is 58.0. The van der Waals surface area contributed by atoms with Crippen molar-refractivity contribution < 1.29 is 26.3 Å². The maximum Gasteiger partial charge on any atom is 0.170 e. The first-order valence-electron chi connectivity index (χ1n) is 50.5. The van der Waals surface area contributed by atoms with Crippen LogP contribution in [0.4, 0.5) is 26.3 Å². The average Bonchev–Trinajstić information content (AvgIpc) is 1.60. The van der Waals surface area contributed by atoms with E-state index in [1.54, 1.807) is 0 Å². The highest BCUT2D eigenvalue weighted by Crippen LogP contribution is 2.54. The fourth-order valence-corrected chi connectivity index (χ4v) is 27.2. The zero-order valence-electron chi connectivity index (χ0n) is 78.0. The summed E-state index contributed by atoms with van der Waals surface area (Å²) in [5.74, 6) is -3.35. The molecule has 0 aliphatic rings. The maximum atomic E-state index is 18.0. The van der Waals surface area contributed by atoms with Crippen molar-refractivity contribution in [3.8, 4) is 71.0 Å². The molecule has 4 nitrogen and oxygen atoms in total. The van der Waals surface area contributed by atoms with Crippen LogP contribution in [0.5, 0.6) is 0 Å². The molecule has 0 saturated heterocycles. The monoisotopic (exact) mass is 1860 g/mol. The Labute approximate surface area is 784 Å². The van der Waals surface area contributed by atoms with E-state index in [1.165, 1.54) is 350 Å². The largest absolute Gasteiger partial charge is 0.205 e. The number of hydrogen-bond acceptors (Lipinski definition) is 12. The molecule has 10 aromatic rings. The van der Waals surface area contributed by atoms with Gasteiger partial charge in [-0.15, -0.1) is 68.0 Å². The fraction of sp³-hybridized carbons (Fsp3) is 0.664. The van der Waals surface area contributed by atoms with Crippen LogP contribution in [0.15, 0.2) is 47.2 Å². The Morgan fingerprint density at radius 3 is 0.776 bits per heavy atom. The van der Waals surface area contributed by atoms with Crippen LogP contribution < -0.4 is 0 Å². The van der Waals surface area contributed by atoms with Gasteiger partial charge >= 0.3 is 0 Å². The van der Waals surface area contributed by atoms with Crippen molar-refractivity contribution in [1.29, 1.82) is 0 Å². The minimum absolute atomic E-state index is 0.0695. The second-order valence-electron chi connectivity index (χ2n) is 37.4. The number of unbranched alkanes of at least 4 members (excludes halogenated alkanes) is 41. The van der Waals surface area contributed by atoms with Gasteiger partial charge in [0.1, 0.15) is 33.7 Å². The first kappa shape index (κ1) is 103. The van der Waals surface area contributed by atoms with E-state index in [-0.39, 0.29) is 32.0 Å². The molecule has 8 aromatic heterocycles. The number of thiophene rings is 6. The minimum Gasteiger partial charge on any atom is -0.205 e. The van der Waals surface area contributed by atoms with Crippen molar-refractivity contribution >= 4 is 114 Å². The molecule has 0 N–H and O–H groups in total. The standard InChI is InChI=1S/C107H154F6N4S8/c1-9-16-23-30-37-40-47-52-59-77(58-51-44-34-27-20-13-5)65-81-69-87(119-75-81)93-97(111)99(113)95(103-101(93)115-125-117-103)89-71-83(67-79(61-54-46-36-29-22-15-7)63-56-49-42-39-32-25-18-11-3)105(121-89)91-73-85(109)107(123-91)106-84(108)72-90(122-106)104-82(66-78(60-53-45-35-28-21-14-6)62-55-48-41-38-31-24-17-10-2)70-88(120-104)94-98(112)96(110)92(100-102(94)116-124-114-100)86-68-80(74-118-86)64-76(8)57-50-43-33-26-19-12-4/h68-79H,9-67H2,1-8H3. The van der Waals surface area contributed by atoms with E-state index < -0.39 is 34.9 Å². The zero-order chi connectivity index (χ0) is 88.3. The molecule has 0 aliphatic heterocycles. The summed E-state index contributed by atoms with van der Waals surface area (Å²) in [4.78, 5) is 5.40. The van der Waals surface area contributed by atoms with Crippen LogP contribution in [0.1, 0.15) is 431 Å². The van der Waals surface area contributed by atoms with Crippen molar-refractivity contribution in [3.05, 3.63) is 104 Å². The summed E-state index contributed by atoms with van der Waals surface area (Å²) in [7, 11) is 0. The number of halogens is 6. The molecule has 0 radical (unpaired) electrons. The first-order chi connectivity index (χ1) is 61.2. The lowest BCUT2D eigenvalue weighted by Gasteiger charge is -2.17. The Kier molecular flexibility index (Phi) is 47.8. The molecule has 0 spiro atoms. The van der Waals surface area contributed by atoms with Crippen molar-refractivity contribution in [1.82, 2.24) is 17.5 Å². The molecule has 0 saturated carbocycles. The van der Waals surface area contributed by atoms with Gasteiger partial charge in [-0.1, -0.05) is 409 Å². The van der Waals surface area contributed by atoms with E-state index in [9.17, 15) is 0 Å². The number of nitrogens with zero attached hydrogens (tertiary/aromatic N) is 4. The Hall–Kier alpha value is -4.14. The highest BCUT2D eigenvalue weighted by molar-refractivity contribution is 7.29. The van der Waals surface area contributed by atoms with Crippen LogP contribution >= 0.6 is 91.5 Å². The third-order valence-electron chi connectivity index (χ3n) is 26.6. The van der Waals surface area contributed by atoms with Gasteiger partial charge in [0.2, 0.25) is 0 Å². The lowest BCUT2D eigenvalue weighted by molar-refractivity contribution is 0.400. The van der Waals surface area contributed by atoms with Crippen molar-refractivity contribution in [2.45, 2.75) is 434 Å². The van der Waals surface area contributed by atoms with Crippen LogP contribution in [-0.2, 0) is 25.7 Å². The van der Waals surface area contributed by atoms with Gasteiger partial charge in [0.05, 0.1) is 55.5 Å². The summed E-state index contributed by atoms with van der Waals surface area (Å²) in [6.07, 6.45) is 69.6. The van der Waals surface area contributed by atoms with Crippen LogP contribution in [0.3, 0.4) is 0 Å². The van der Waals surface area contributed by atoms with Crippen molar-refractivity contribution in [2.24, 2.45) is 23.7 Å². The van der Waals surface area contributed by atoms with E-state index in [4.69, 9.17) is 17.5 Å². The van der Waals surface area contributed by atoms with Gasteiger partial charge in [-0.25, -0.2) is 26.3 Å². The maximum absolute atomic E-state index is 18.0. The molecule has 0 fully saturated rings. The normalized spacial score (nSPS) is 13.0. The molecular weight excluding hydrogens is 1710 g/mol. The van der Waals surface area contributed by atoms with Crippen LogP contribution in [0.25, 0.3) is 93.1 Å². The van der Waals surface area contributed by atoms with E-state index in [0.717, 1.165) is 152 Å². The molecule has 0 amide bonds. The van der Waals surface area contributed by atoms with E-state index in [0.29, 0.717) is 87.8 Å². The molecular formula is C107H154F6N4S8. The molecule has 4 unspecified atom stereocenters. The zero-order valence-corrected chi connectivity index (χ0v) is 84.5. The molecule has 10 rings (SSSR count). The van der Waals surface area contributed by atoms with Crippen LogP contribution in [0.2, 0.25) is 0 Å². The second-order valence-corrected chi connectivity index (χ2v) is 44.4. The molecule has 4 atom stereocenters. The summed E-state index contributed by atoms with van der Waals surface area (Å²) in [5, 5.41) is 4.24. The number of aromatic nitrogens is 4. The van der Waals surface area contributed by atoms with E-state index >= 15 is 26.3 Å². The van der Waals surface area contributed by atoms with Gasteiger partial charge in [0.25, 0.3) is 0 Å². The van der Waals surface area contributed by atoms with Gasteiger partial charge in [0, 0.05) is 39.0 Å². The third kappa shape index (κ3) is 32.1. The third-order valence-corrected chi connectivity index (χ3v) is 34.8. The quantitative estimate of drug-likeness (QED) is 0.0282. The van der Waals surface area contributed by atoms with Crippen molar-refractivity contribution in [2.75, 3.05) is 0 Å². The summed E-state index contributed by atoms with van der Waals surface area (Å²) < 4.78 is 126. The predicted molar refractivity (Wildman–Crippen MR) is 542 cm³/mol. The molecule has 125 heavy (non-hydrogen) atoms. The predicted octanol–water partition coefficient (Wildman–Crippen LogP) is 40.8. The minimum atomic E-state index is -0.969. The van der Waals surface area contributed by atoms with Gasteiger partial charge < -0.3 is 0 Å². The fourth-order valence-electron chi connectivity index (χ4n) is 19.2. The molecule has 18 heteroatoms. The highest BCUT2D eigenvalue weighted by atomic mass is 32.1. The molecule has 8 heterocycles. The topological polar surface area (TPSA) is 51.6 Å². The summed E-state index contributed by atoms with van der Waals surface area (Å²) in [6, 6.07) is 11.3. The molecule has 2 aromatic carbocycles. The number of hydrogen-bond donors (Lipinski definition) is 0. The van der Waals surface area contributed by atoms with E-state index in [2.05, 4.69) is 72.2 Å². The van der Waals surface area contributed by atoms with Gasteiger partial charge in [0.15, 0.2) is 23.3 Å². The summed E-state index contributed by atoms with van der Waals surface area (Å²) >= 11 is 9.96. The lowest BCUT2D eigenvalue weighted by atomic mass is 9.88. The number of benzene rings is 2. The Morgan fingerprint density at radius 2 is 0.488 bits per heavy atom. The number of rotatable bonds is 70. The Balaban J connectivity index is 1.02. The van der Waals surface area contributed by atoms with Gasteiger partial charge in [-0.05, 0) is 119 Å². The Bertz CT molecular complexity index is 4640. The smallest absolute Gasteiger partial charge is 0.170 e. The molecule has 0 bridgehead atoms. The van der Waals surface area contributed by atoms with Crippen molar-refractivity contribution in [3.63, 3.8) is 0 Å². The summed E-state index contributed by atoms with van der Waals surface area (Å²) in [6.45, 7) is 18.1. The number of fused-ring (bicyclic) bond motifs is 2. The van der Waals surface area contributed by atoms with Crippen LogP contribution in [0, 0.1) is 58.6 Å².